The Morgan fingerprint density at radius 1 is 1.35 bits per heavy atom. The maximum Gasteiger partial charge on any atom is 0.522 e. The van der Waals surface area contributed by atoms with E-state index in [4.69, 9.17) is 4.74 Å². The van der Waals surface area contributed by atoms with Gasteiger partial charge in [-0.3, -0.25) is 23.9 Å². The van der Waals surface area contributed by atoms with Crippen molar-refractivity contribution in [2.24, 2.45) is 22.7 Å². The summed E-state index contributed by atoms with van der Waals surface area (Å²) in [4.78, 5) is 53.8. The van der Waals surface area contributed by atoms with Gasteiger partial charge < -0.3 is 15.4 Å². The van der Waals surface area contributed by atoms with Gasteiger partial charge in [-0.25, -0.2) is 4.99 Å². The summed E-state index contributed by atoms with van der Waals surface area (Å²) in [5, 5.41) is 5.05. The molecular formula is C22H32F3N3O6. The Kier molecular flexibility index (Phi) is 9.74. The van der Waals surface area contributed by atoms with Gasteiger partial charge in [0.1, 0.15) is 12.2 Å². The number of hydrogen-bond donors (Lipinski definition) is 2. The molecule has 0 radical (unpaired) electrons. The van der Waals surface area contributed by atoms with Crippen molar-refractivity contribution in [3.05, 3.63) is 0 Å². The first-order valence-corrected chi connectivity index (χ1v) is 11.3. The molecule has 2 saturated heterocycles. The molecule has 0 aromatic carbocycles. The largest absolute Gasteiger partial charge is 0.522 e. The van der Waals surface area contributed by atoms with Gasteiger partial charge in [-0.15, -0.1) is 13.2 Å². The Labute approximate surface area is 196 Å². The summed E-state index contributed by atoms with van der Waals surface area (Å²) in [5.74, 6) is -4.07. The standard InChI is InChI=1S/C22H32F3N3O6/c1-13(2)9-15(11-27-20(32)21(3)6-4-8-33-21)19(31)28-16(10-14-5-7-26-18(14)30)17(29)12-34-22(23,24)25/h11,13-16H,4-10,12H2,1-3H3,(H,26,30)(H,28,31)/t14-,15?,16-,21?/m0/s1. The first-order valence-electron chi connectivity index (χ1n) is 11.3. The van der Waals surface area contributed by atoms with Crippen LogP contribution in [0.5, 0.6) is 0 Å². The van der Waals surface area contributed by atoms with Crippen LogP contribution in [0.1, 0.15) is 52.9 Å². The fourth-order valence-corrected chi connectivity index (χ4v) is 3.94. The average molecular weight is 492 g/mol. The van der Waals surface area contributed by atoms with E-state index < -0.39 is 54.0 Å². The van der Waals surface area contributed by atoms with Crippen LogP contribution in [-0.2, 0) is 28.7 Å². The van der Waals surface area contributed by atoms with E-state index in [9.17, 15) is 32.3 Å². The van der Waals surface area contributed by atoms with E-state index in [-0.39, 0.29) is 24.7 Å². The molecule has 9 nitrogen and oxygen atoms in total. The Hall–Kier alpha value is -2.34. The lowest BCUT2D eigenvalue weighted by atomic mass is 9.93. The van der Waals surface area contributed by atoms with Gasteiger partial charge in [0.25, 0.3) is 5.91 Å². The van der Waals surface area contributed by atoms with Crippen molar-refractivity contribution in [1.82, 2.24) is 10.6 Å². The third-order valence-corrected chi connectivity index (χ3v) is 5.87. The molecule has 0 saturated carbocycles. The van der Waals surface area contributed by atoms with Crippen molar-refractivity contribution in [2.75, 3.05) is 19.8 Å². The van der Waals surface area contributed by atoms with E-state index in [1.807, 2.05) is 13.8 Å². The van der Waals surface area contributed by atoms with Crippen LogP contribution < -0.4 is 10.6 Å². The minimum atomic E-state index is -5.01. The van der Waals surface area contributed by atoms with Gasteiger partial charge in [0, 0.05) is 25.3 Å². The van der Waals surface area contributed by atoms with Crippen LogP contribution >= 0.6 is 0 Å². The number of nitrogens with one attached hydrogen (secondary N) is 2. The Morgan fingerprint density at radius 2 is 2.06 bits per heavy atom. The monoisotopic (exact) mass is 491 g/mol. The normalized spacial score (nSPS) is 24.9. The van der Waals surface area contributed by atoms with E-state index in [0.717, 1.165) is 0 Å². The molecule has 0 aromatic heterocycles. The zero-order chi connectivity index (χ0) is 25.5. The molecule has 3 amide bonds. The molecule has 192 valence electrons. The zero-order valence-electron chi connectivity index (χ0n) is 19.6. The van der Waals surface area contributed by atoms with Crippen molar-refractivity contribution >= 4 is 29.7 Å². The fourth-order valence-electron chi connectivity index (χ4n) is 3.94. The highest BCUT2D eigenvalue weighted by Crippen LogP contribution is 2.26. The number of ether oxygens (including phenoxy) is 2. The summed E-state index contributed by atoms with van der Waals surface area (Å²) in [6.07, 6.45) is -2.09. The van der Waals surface area contributed by atoms with E-state index in [0.29, 0.717) is 32.4 Å². The minimum absolute atomic E-state index is 0.0129. The number of aliphatic imine (C=N–C) groups is 1. The topological polar surface area (TPSA) is 123 Å². The molecule has 4 atom stereocenters. The number of rotatable bonds is 11. The van der Waals surface area contributed by atoms with Gasteiger partial charge in [0.05, 0.1) is 12.0 Å². The number of nitrogens with zero attached hydrogens (tertiary/aromatic N) is 1. The maximum atomic E-state index is 13.0. The number of hydrogen-bond acceptors (Lipinski definition) is 6. The van der Waals surface area contributed by atoms with Gasteiger partial charge in [-0.05, 0) is 44.9 Å². The summed E-state index contributed by atoms with van der Waals surface area (Å²) >= 11 is 0. The average Bonchev–Trinajstić information content (AvgIpc) is 3.36. The number of alkyl halides is 3. The molecule has 2 heterocycles. The number of halogens is 3. The molecule has 2 rings (SSSR count). The molecule has 12 heteroatoms. The number of carbonyl (C=O) groups excluding carboxylic acids is 4. The molecule has 2 aliphatic rings. The number of ketones is 1. The lowest BCUT2D eigenvalue weighted by Gasteiger charge is -2.23. The van der Waals surface area contributed by atoms with Crippen molar-refractivity contribution < 1.29 is 41.8 Å². The third kappa shape index (κ3) is 8.46. The summed E-state index contributed by atoms with van der Waals surface area (Å²) in [5.41, 5.74) is -1.06. The van der Waals surface area contributed by atoms with E-state index in [2.05, 4.69) is 20.4 Å². The van der Waals surface area contributed by atoms with Crippen molar-refractivity contribution in [1.29, 1.82) is 0 Å². The second-order valence-electron chi connectivity index (χ2n) is 9.28. The van der Waals surface area contributed by atoms with E-state index in [1.54, 1.807) is 6.92 Å². The Bertz CT molecular complexity index is 793. The van der Waals surface area contributed by atoms with Crippen molar-refractivity contribution in [3.8, 4) is 0 Å². The predicted octanol–water partition coefficient (Wildman–Crippen LogP) is 1.93. The van der Waals surface area contributed by atoms with Crippen LogP contribution in [0.25, 0.3) is 0 Å². The van der Waals surface area contributed by atoms with Gasteiger partial charge in [0.2, 0.25) is 11.8 Å². The highest BCUT2D eigenvalue weighted by molar-refractivity contribution is 6.01. The zero-order valence-corrected chi connectivity index (χ0v) is 19.6. The lowest BCUT2D eigenvalue weighted by Crippen LogP contribution is -2.47. The highest BCUT2D eigenvalue weighted by Gasteiger charge is 2.38. The molecule has 0 aromatic rings. The Balaban J connectivity index is 2.14. The molecule has 2 fully saturated rings. The van der Waals surface area contributed by atoms with Crippen molar-refractivity contribution in [3.63, 3.8) is 0 Å². The fraction of sp³-hybridized carbons (Fsp3) is 0.773. The van der Waals surface area contributed by atoms with Crippen LogP contribution in [0.3, 0.4) is 0 Å². The van der Waals surface area contributed by atoms with Crippen LogP contribution in [0.15, 0.2) is 4.99 Å². The second-order valence-corrected chi connectivity index (χ2v) is 9.28. The number of amides is 3. The molecule has 2 N–H and O–H groups in total. The van der Waals surface area contributed by atoms with Crippen molar-refractivity contribution in [2.45, 2.75) is 70.9 Å². The quantitative estimate of drug-likeness (QED) is 0.426. The summed E-state index contributed by atoms with van der Waals surface area (Å²) in [6, 6.07) is -1.36. The van der Waals surface area contributed by atoms with Gasteiger partial charge >= 0.3 is 6.36 Å². The number of carbonyl (C=O) groups is 4. The van der Waals surface area contributed by atoms with Gasteiger partial charge in [-0.1, -0.05) is 13.8 Å². The van der Waals surface area contributed by atoms with Crippen LogP contribution in [0.4, 0.5) is 13.2 Å². The molecule has 0 spiro atoms. The smallest absolute Gasteiger partial charge is 0.365 e. The predicted molar refractivity (Wildman–Crippen MR) is 115 cm³/mol. The third-order valence-electron chi connectivity index (χ3n) is 5.87. The molecular weight excluding hydrogens is 459 g/mol. The lowest BCUT2D eigenvalue weighted by molar-refractivity contribution is -0.321. The molecule has 2 aliphatic heterocycles. The van der Waals surface area contributed by atoms with Crippen LogP contribution in [0.2, 0.25) is 0 Å². The van der Waals surface area contributed by atoms with Crippen LogP contribution in [-0.4, -0.2) is 67.5 Å². The molecule has 2 unspecified atom stereocenters. The molecule has 34 heavy (non-hydrogen) atoms. The van der Waals surface area contributed by atoms with E-state index in [1.165, 1.54) is 6.21 Å². The summed E-state index contributed by atoms with van der Waals surface area (Å²) in [7, 11) is 0. The number of Topliss-reactive ketones (excluding diaryl/α,β-unsaturated/α-hetero) is 1. The minimum Gasteiger partial charge on any atom is -0.365 e. The molecule has 0 aliphatic carbocycles. The van der Waals surface area contributed by atoms with E-state index >= 15 is 0 Å². The van der Waals surface area contributed by atoms with Gasteiger partial charge in [0.15, 0.2) is 5.78 Å². The maximum absolute atomic E-state index is 13.0. The second kappa shape index (κ2) is 11.9. The first kappa shape index (κ1) is 27.9. The van der Waals surface area contributed by atoms with Gasteiger partial charge in [-0.2, -0.15) is 0 Å². The highest BCUT2D eigenvalue weighted by atomic mass is 19.4. The van der Waals surface area contributed by atoms with Crippen LogP contribution in [0, 0.1) is 17.8 Å². The summed E-state index contributed by atoms with van der Waals surface area (Å²) < 4.78 is 46.4. The molecule has 0 bridgehead atoms. The Morgan fingerprint density at radius 3 is 2.59 bits per heavy atom. The summed E-state index contributed by atoms with van der Waals surface area (Å²) in [6.45, 7) is 4.84. The SMILES string of the molecule is CC(C)CC(C=NC(=O)C1(C)CCCO1)C(=O)N[C@@H](C[C@@H]1CCNC1=O)C(=O)COC(F)(F)F. The first-order chi connectivity index (χ1) is 15.8.